The number of carbonyl (C=O) groups is 2. The van der Waals surface area contributed by atoms with Crippen LogP contribution in [0.2, 0.25) is 0 Å². The van der Waals surface area contributed by atoms with Crippen molar-refractivity contribution in [1.82, 2.24) is 25.3 Å². The highest BCUT2D eigenvalue weighted by Crippen LogP contribution is 2.81. The topological polar surface area (TPSA) is 310 Å². The Morgan fingerprint density at radius 1 is 0.875 bits per heavy atom. The second-order valence-electron chi connectivity index (χ2n) is 28.5. The molecule has 8 fully saturated rings. The summed E-state index contributed by atoms with van der Waals surface area (Å²) in [5.74, 6) is 3.68. The van der Waals surface area contributed by atoms with E-state index in [-0.39, 0.29) is 67.7 Å². The van der Waals surface area contributed by atoms with Crippen LogP contribution in [0.3, 0.4) is 0 Å². The summed E-state index contributed by atoms with van der Waals surface area (Å²) in [5, 5.41) is 97.5. The van der Waals surface area contributed by atoms with Crippen molar-refractivity contribution in [3.63, 3.8) is 0 Å². The zero-order chi connectivity index (χ0) is 56.5. The molecule has 80 heavy (non-hydrogen) atoms. The van der Waals surface area contributed by atoms with Crippen molar-refractivity contribution in [3.8, 4) is 11.8 Å². The van der Waals surface area contributed by atoms with Gasteiger partial charge in [-0.25, -0.2) is 9.97 Å². The van der Waals surface area contributed by atoms with Crippen molar-refractivity contribution in [3.05, 3.63) is 48.1 Å². The number of nitrogens with two attached hydrogens (primary N) is 1. The Kier molecular flexibility index (Phi) is 14.5. The number of amides is 1. The molecular formula is C62H90N6O12. The van der Waals surface area contributed by atoms with E-state index in [2.05, 4.69) is 63.9 Å². The van der Waals surface area contributed by atoms with Gasteiger partial charge in [-0.2, -0.15) is 0 Å². The number of aliphatic hydroxyl groups excluding tert-OH is 7. The maximum absolute atomic E-state index is 15.7. The molecule has 12 rings (SSSR count). The zero-order valence-electron chi connectivity index (χ0n) is 47.3. The quantitative estimate of drug-likeness (QED) is 0.0561. The molecule has 2 aromatic heterocycles. The van der Waals surface area contributed by atoms with Crippen LogP contribution in [0.5, 0.6) is 0 Å². The lowest BCUT2D eigenvalue weighted by atomic mass is 9.27. The Bertz CT molecular complexity index is 2710. The maximum Gasteiger partial charge on any atom is 0.310 e. The summed E-state index contributed by atoms with van der Waals surface area (Å²) in [6.45, 7) is 8.23. The fourth-order valence-corrected chi connectivity index (χ4v) is 21.3. The Labute approximate surface area is 470 Å². The van der Waals surface area contributed by atoms with Gasteiger partial charge in [0.05, 0.1) is 48.9 Å². The van der Waals surface area contributed by atoms with Crippen LogP contribution < -0.4 is 11.1 Å². The summed E-state index contributed by atoms with van der Waals surface area (Å²) >= 11 is 0. The fraction of sp³-hybridized carbons (Fsp3) is 0.806. The van der Waals surface area contributed by atoms with Gasteiger partial charge in [0.25, 0.3) is 0 Å². The first kappa shape index (κ1) is 56.7. The summed E-state index contributed by atoms with van der Waals surface area (Å²) in [6, 6.07) is -0.502. The number of carboxylic acid groups (broad SMARTS) is 1. The van der Waals surface area contributed by atoms with E-state index < -0.39 is 117 Å². The van der Waals surface area contributed by atoms with Gasteiger partial charge in [0.2, 0.25) is 5.91 Å². The second-order valence-corrected chi connectivity index (χ2v) is 28.5. The van der Waals surface area contributed by atoms with Gasteiger partial charge >= 0.3 is 5.97 Å². The van der Waals surface area contributed by atoms with Gasteiger partial charge in [-0.15, -0.1) is 0 Å². The maximum atomic E-state index is 15.7. The summed E-state index contributed by atoms with van der Waals surface area (Å²) in [6.07, 6.45) is 11.2. The van der Waals surface area contributed by atoms with E-state index in [1.54, 1.807) is 18.9 Å². The first-order valence-electron chi connectivity index (χ1n) is 30.6. The number of hydrogen-bond acceptors (Lipinski definition) is 14. The number of carbonyl (C=O) groups excluding carboxylic acids is 1. The minimum Gasteiger partial charge on any atom is -0.481 e. The summed E-state index contributed by atoms with van der Waals surface area (Å²) in [7, 11) is 0. The van der Waals surface area contributed by atoms with Gasteiger partial charge < -0.3 is 71.3 Å². The number of aliphatic hydroxyl groups is 7. The Balaban J connectivity index is 1.15. The Morgan fingerprint density at radius 3 is 2.33 bits per heavy atom. The number of carboxylic acids is 1. The third-order valence-electron chi connectivity index (χ3n) is 25.2. The van der Waals surface area contributed by atoms with Crippen LogP contribution in [0.15, 0.2) is 36.7 Å². The van der Waals surface area contributed by atoms with Crippen LogP contribution in [0, 0.1) is 103 Å². The molecule has 24 unspecified atom stereocenters. The van der Waals surface area contributed by atoms with E-state index in [0.717, 1.165) is 55.5 Å². The molecule has 24 atom stereocenters. The SMILES string of the molecule is CC1(CO)CCC2(C(=O)O)CC(Cc3cnc[nH]3)C3(C)C(=CC4C#CC5CCCC56C(=O)NC(C(CCC(N)O)c5cnc[nH]5)C6CC5C(O)C(OC6OCC(O)C(O)C6O)C(C)(CO)C6CCC3(C)C4C56C3CCCCC3)C2C1. The number of nitrogens with one attached hydrogen (secondary N) is 3. The van der Waals surface area contributed by atoms with Crippen LogP contribution in [-0.2, 0) is 25.5 Å². The van der Waals surface area contributed by atoms with E-state index in [4.69, 9.17) is 15.2 Å². The Morgan fingerprint density at radius 2 is 1.64 bits per heavy atom. The number of ether oxygens (including phenoxy) is 2. The lowest BCUT2D eigenvalue weighted by molar-refractivity contribution is -0.353. The third-order valence-corrected chi connectivity index (χ3v) is 25.2. The number of H-pyrrole nitrogens is 2. The van der Waals surface area contributed by atoms with Crippen molar-refractivity contribution in [2.24, 2.45) is 96.9 Å². The van der Waals surface area contributed by atoms with Crippen molar-refractivity contribution in [2.75, 3.05) is 19.8 Å². The molecule has 2 aliphatic heterocycles. The van der Waals surface area contributed by atoms with E-state index >= 15 is 4.79 Å². The molecule has 18 nitrogen and oxygen atoms in total. The van der Waals surface area contributed by atoms with Crippen LogP contribution in [0.25, 0.3) is 0 Å². The molecule has 4 heterocycles. The first-order valence-corrected chi connectivity index (χ1v) is 30.6. The summed E-state index contributed by atoms with van der Waals surface area (Å²) in [5.41, 5.74) is 3.04. The van der Waals surface area contributed by atoms with Crippen LogP contribution in [0.4, 0.5) is 0 Å². The smallest absolute Gasteiger partial charge is 0.310 e. The van der Waals surface area contributed by atoms with Crippen LogP contribution >= 0.6 is 0 Å². The largest absolute Gasteiger partial charge is 0.481 e. The number of aromatic amines is 2. The standard InChI is InChI=1S/C62H90N6O12/c1-56(29-69)19-20-60(55(77)78)24-36(22-37-26-64-31-66-37)59(4)39(42(60)25-56)21-33-12-13-34-11-8-17-61(34)40(47(68-54(61)76)38(14-15-46(63)72)43-27-65-32-67-43)23-41-48(73)52(80-53-50(75)49(74)44(71)28-79-53)57(2,30-70)45-16-18-58(59,3)51(33)62(41,45)35-9-6-5-7-10-35/h21,26-27,31-36,38,40-42,44-53,69-75H,5-11,14-20,22-25,28-30,63H2,1-4H3,(H,64,66)(H,65,67)(H,68,76)(H,77,78). The normalized spacial score (nSPS) is 48.6. The molecule has 1 spiro atoms. The lowest BCUT2D eigenvalue weighted by Crippen LogP contribution is -2.76. The number of hydrogen-bond donors (Lipinski definition) is 12. The highest BCUT2D eigenvalue weighted by atomic mass is 16.7. The van der Waals surface area contributed by atoms with Gasteiger partial charge in [0, 0.05) is 59.6 Å². The predicted molar refractivity (Wildman–Crippen MR) is 292 cm³/mol. The van der Waals surface area contributed by atoms with Gasteiger partial charge in [-0.3, -0.25) is 9.59 Å². The molecule has 13 N–H and O–H groups in total. The lowest BCUT2D eigenvalue weighted by Gasteiger charge is -2.77. The number of aromatic nitrogens is 4. The van der Waals surface area contributed by atoms with Crippen molar-refractivity contribution < 1.29 is 59.9 Å². The highest BCUT2D eigenvalue weighted by molar-refractivity contribution is 5.87. The molecule has 2 saturated heterocycles. The molecule has 10 aliphatic rings. The fourth-order valence-electron chi connectivity index (χ4n) is 21.3. The van der Waals surface area contributed by atoms with E-state index in [9.17, 15) is 45.6 Å². The van der Waals surface area contributed by atoms with Crippen molar-refractivity contribution >= 4 is 11.9 Å². The summed E-state index contributed by atoms with van der Waals surface area (Å²) < 4.78 is 13.0. The molecule has 6 saturated carbocycles. The molecule has 440 valence electrons. The number of nitrogens with zero attached hydrogens (tertiary/aromatic N) is 2. The van der Waals surface area contributed by atoms with Gasteiger partial charge in [-0.1, -0.05) is 76.9 Å². The predicted octanol–water partition coefficient (Wildman–Crippen LogP) is 4.69. The molecule has 1 amide bonds. The number of rotatable bonds is 13. The van der Waals surface area contributed by atoms with E-state index in [0.29, 0.717) is 70.6 Å². The van der Waals surface area contributed by atoms with Gasteiger partial charge in [-0.05, 0) is 153 Å². The molecule has 0 bridgehead atoms. The minimum absolute atomic E-state index is 0.00265. The van der Waals surface area contributed by atoms with Crippen molar-refractivity contribution in [1.29, 1.82) is 0 Å². The highest BCUT2D eigenvalue weighted by Gasteiger charge is 2.79. The molecule has 8 aliphatic carbocycles. The average molecular weight is 1110 g/mol. The number of imidazole rings is 2. The molecule has 18 heteroatoms. The minimum atomic E-state index is -1.67. The molecule has 2 aromatic rings. The second kappa shape index (κ2) is 20.5. The molecule has 0 radical (unpaired) electrons. The number of aliphatic carboxylic acids is 1. The number of allylic oxidation sites excluding steroid dienone is 2. The summed E-state index contributed by atoms with van der Waals surface area (Å²) in [4.78, 5) is 45.9. The monoisotopic (exact) mass is 1110 g/mol. The average Bonchev–Trinajstić information content (AvgIpc) is 4.27. The van der Waals surface area contributed by atoms with Crippen molar-refractivity contribution in [2.45, 2.75) is 198 Å². The van der Waals surface area contributed by atoms with Gasteiger partial charge in [0.1, 0.15) is 24.5 Å². The first-order chi connectivity index (χ1) is 38.2. The van der Waals surface area contributed by atoms with E-state index in [1.165, 1.54) is 0 Å². The zero-order valence-corrected chi connectivity index (χ0v) is 47.3. The van der Waals surface area contributed by atoms with Crippen LogP contribution in [-0.4, -0.2) is 142 Å². The van der Waals surface area contributed by atoms with Crippen LogP contribution in [0.1, 0.15) is 154 Å². The molecular weight excluding hydrogens is 1020 g/mol. The molecule has 0 aromatic carbocycles. The number of fused-ring (bicyclic) bond motifs is 4. The van der Waals surface area contributed by atoms with Gasteiger partial charge in [0.15, 0.2) is 6.29 Å². The van der Waals surface area contributed by atoms with E-state index in [1.807, 2.05) is 13.1 Å². The Hall–Kier alpha value is -3.74. The third kappa shape index (κ3) is 8.07.